The summed E-state index contributed by atoms with van der Waals surface area (Å²) in [6.07, 6.45) is 3.64. The van der Waals surface area contributed by atoms with E-state index in [1.54, 1.807) is 0 Å². The van der Waals surface area contributed by atoms with Crippen molar-refractivity contribution in [3.63, 3.8) is 0 Å². The molecule has 2 N–H and O–H groups in total. The summed E-state index contributed by atoms with van der Waals surface area (Å²) < 4.78 is 10.0. The van der Waals surface area contributed by atoms with Crippen molar-refractivity contribution in [2.45, 2.75) is 37.9 Å². The van der Waals surface area contributed by atoms with Gasteiger partial charge in [-0.05, 0) is 25.7 Å². The van der Waals surface area contributed by atoms with E-state index in [-0.39, 0.29) is 12.7 Å². The Hall–Kier alpha value is -0.160. The average molecular weight is 204 g/mol. The molecule has 2 rings (SSSR count). The Morgan fingerprint density at radius 1 is 1.14 bits per heavy atom. The van der Waals surface area contributed by atoms with Gasteiger partial charge in [-0.3, -0.25) is 0 Å². The average Bonchev–Trinajstić information content (AvgIpc) is 2.91. The molecule has 2 saturated heterocycles. The van der Waals surface area contributed by atoms with Crippen LogP contribution >= 0.6 is 0 Å². The number of hydrogen-bond acceptors (Lipinski definition) is 4. The Kier molecular flexibility index (Phi) is 6.10. The normalized spacial score (nSPS) is 28.3. The minimum absolute atomic E-state index is 0.116. The molecule has 0 aromatic carbocycles. The quantitative estimate of drug-likeness (QED) is 0.680. The molecule has 0 radical (unpaired) electrons. The molecule has 0 spiro atoms. The standard InChI is InChI=1S/C6H12O3.C4H8O/c7-4-5(8)6-2-1-3-9-6;1-2-4-5-3-1/h5-8H,1-4H2;1-4H2. The fourth-order valence-corrected chi connectivity index (χ4v) is 1.53. The second kappa shape index (κ2) is 7.17. The lowest BCUT2D eigenvalue weighted by atomic mass is 10.1. The molecular weight excluding hydrogens is 184 g/mol. The van der Waals surface area contributed by atoms with Gasteiger partial charge in [-0.1, -0.05) is 0 Å². The highest BCUT2D eigenvalue weighted by molar-refractivity contribution is 4.72. The van der Waals surface area contributed by atoms with Crippen LogP contribution in [0.3, 0.4) is 0 Å². The van der Waals surface area contributed by atoms with Crippen LogP contribution in [-0.4, -0.2) is 48.8 Å². The van der Waals surface area contributed by atoms with Gasteiger partial charge in [-0.15, -0.1) is 0 Å². The summed E-state index contributed by atoms with van der Waals surface area (Å²) in [7, 11) is 0. The molecule has 14 heavy (non-hydrogen) atoms. The molecule has 2 atom stereocenters. The molecule has 0 amide bonds. The largest absolute Gasteiger partial charge is 0.394 e. The van der Waals surface area contributed by atoms with E-state index in [4.69, 9.17) is 19.7 Å². The van der Waals surface area contributed by atoms with Gasteiger partial charge < -0.3 is 19.7 Å². The third kappa shape index (κ3) is 4.37. The third-order valence-electron chi connectivity index (χ3n) is 2.41. The molecule has 2 aliphatic rings. The van der Waals surface area contributed by atoms with E-state index < -0.39 is 6.10 Å². The van der Waals surface area contributed by atoms with Gasteiger partial charge >= 0.3 is 0 Å². The topological polar surface area (TPSA) is 58.9 Å². The SMILES string of the molecule is C1CCOC1.OCC(O)C1CCCO1. The van der Waals surface area contributed by atoms with Crippen LogP contribution in [0.2, 0.25) is 0 Å². The molecule has 84 valence electrons. The van der Waals surface area contributed by atoms with E-state index in [0.29, 0.717) is 0 Å². The van der Waals surface area contributed by atoms with Crippen LogP contribution in [0.5, 0.6) is 0 Å². The van der Waals surface area contributed by atoms with Crippen molar-refractivity contribution >= 4 is 0 Å². The summed E-state index contributed by atoms with van der Waals surface area (Å²) >= 11 is 0. The van der Waals surface area contributed by atoms with Crippen LogP contribution < -0.4 is 0 Å². The van der Waals surface area contributed by atoms with E-state index in [1.807, 2.05) is 0 Å². The molecule has 0 aromatic heterocycles. The zero-order valence-corrected chi connectivity index (χ0v) is 8.52. The molecule has 0 aromatic rings. The molecule has 2 unspecified atom stereocenters. The number of hydrogen-bond donors (Lipinski definition) is 2. The van der Waals surface area contributed by atoms with Crippen molar-refractivity contribution in [2.75, 3.05) is 26.4 Å². The minimum atomic E-state index is -0.674. The lowest BCUT2D eigenvalue weighted by Crippen LogP contribution is -2.28. The summed E-state index contributed by atoms with van der Waals surface area (Å²) in [5.74, 6) is 0. The molecule has 2 heterocycles. The molecule has 4 heteroatoms. The van der Waals surface area contributed by atoms with Gasteiger partial charge in [0, 0.05) is 19.8 Å². The first-order valence-corrected chi connectivity index (χ1v) is 5.33. The van der Waals surface area contributed by atoms with Crippen LogP contribution in [0.25, 0.3) is 0 Å². The molecule has 0 bridgehead atoms. The summed E-state index contributed by atoms with van der Waals surface area (Å²) in [4.78, 5) is 0. The summed E-state index contributed by atoms with van der Waals surface area (Å²) in [5, 5.41) is 17.4. The van der Waals surface area contributed by atoms with Gasteiger partial charge in [0.25, 0.3) is 0 Å². The lowest BCUT2D eigenvalue weighted by Gasteiger charge is -2.13. The molecule has 4 nitrogen and oxygen atoms in total. The fraction of sp³-hybridized carbons (Fsp3) is 1.00. The monoisotopic (exact) mass is 204 g/mol. The smallest absolute Gasteiger partial charge is 0.103 e. The second-order valence-corrected chi connectivity index (χ2v) is 3.62. The number of aliphatic hydroxyl groups excluding tert-OH is 2. The number of aliphatic hydroxyl groups is 2. The van der Waals surface area contributed by atoms with Gasteiger partial charge in [0.05, 0.1) is 12.7 Å². The van der Waals surface area contributed by atoms with Crippen molar-refractivity contribution in [3.8, 4) is 0 Å². The maximum Gasteiger partial charge on any atom is 0.103 e. The van der Waals surface area contributed by atoms with Gasteiger partial charge in [0.15, 0.2) is 0 Å². The van der Waals surface area contributed by atoms with Crippen molar-refractivity contribution in [3.05, 3.63) is 0 Å². The maximum absolute atomic E-state index is 8.98. The van der Waals surface area contributed by atoms with Crippen molar-refractivity contribution in [1.82, 2.24) is 0 Å². The van der Waals surface area contributed by atoms with Crippen molar-refractivity contribution in [1.29, 1.82) is 0 Å². The molecule has 2 aliphatic heterocycles. The Balaban J connectivity index is 0.000000165. The predicted octanol–water partition coefficient (Wildman–Crippen LogP) is 0.315. The predicted molar refractivity (Wildman–Crippen MR) is 52.1 cm³/mol. The Morgan fingerprint density at radius 3 is 2.21 bits per heavy atom. The maximum atomic E-state index is 8.98. The highest BCUT2D eigenvalue weighted by Gasteiger charge is 2.22. The first kappa shape index (κ1) is 11.9. The first-order valence-electron chi connectivity index (χ1n) is 5.33. The van der Waals surface area contributed by atoms with Crippen LogP contribution in [0.15, 0.2) is 0 Å². The van der Waals surface area contributed by atoms with Crippen LogP contribution in [0, 0.1) is 0 Å². The van der Waals surface area contributed by atoms with Crippen LogP contribution in [0.4, 0.5) is 0 Å². The lowest BCUT2D eigenvalue weighted by molar-refractivity contribution is -0.0282. The van der Waals surface area contributed by atoms with E-state index in [2.05, 4.69) is 0 Å². The van der Waals surface area contributed by atoms with Crippen molar-refractivity contribution < 1.29 is 19.7 Å². The van der Waals surface area contributed by atoms with Crippen LogP contribution in [-0.2, 0) is 9.47 Å². The van der Waals surface area contributed by atoms with Crippen LogP contribution in [0.1, 0.15) is 25.7 Å². The highest BCUT2D eigenvalue weighted by Crippen LogP contribution is 2.14. The van der Waals surface area contributed by atoms with Gasteiger partial charge in [-0.25, -0.2) is 0 Å². The number of rotatable bonds is 2. The summed E-state index contributed by atoms with van der Waals surface area (Å²) in [5.41, 5.74) is 0. The zero-order valence-electron chi connectivity index (χ0n) is 8.52. The van der Waals surface area contributed by atoms with Gasteiger partial charge in [0.1, 0.15) is 6.10 Å². The molecule has 2 fully saturated rings. The van der Waals surface area contributed by atoms with E-state index in [1.165, 1.54) is 12.8 Å². The first-order chi connectivity index (χ1) is 6.84. The summed E-state index contributed by atoms with van der Waals surface area (Å²) in [6.45, 7) is 2.53. The van der Waals surface area contributed by atoms with Gasteiger partial charge in [0.2, 0.25) is 0 Å². The third-order valence-corrected chi connectivity index (χ3v) is 2.41. The van der Waals surface area contributed by atoms with Crippen molar-refractivity contribution in [2.24, 2.45) is 0 Å². The van der Waals surface area contributed by atoms with Gasteiger partial charge in [-0.2, -0.15) is 0 Å². The minimum Gasteiger partial charge on any atom is -0.394 e. The highest BCUT2D eigenvalue weighted by atomic mass is 16.5. The molecule has 0 saturated carbocycles. The number of ether oxygens (including phenoxy) is 2. The summed E-state index contributed by atoms with van der Waals surface area (Å²) in [6, 6.07) is 0. The van der Waals surface area contributed by atoms with E-state index >= 15 is 0 Å². The Morgan fingerprint density at radius 2 is 1.86 bits per heavy atom. The Bertz CT molecular complexity index is 122. The molecule has 0 aliphatic carbocycles. The zero-order chi connectivity index (χ0) is 10.2. The molecular formula is C10H20O4. The second-order valence-electron chi connectivity index (χ2n) is 3.62. The van der Waals surface area contributed by atoms with E-state index in [9.17, 15) is 0 Å². The van der Waals surface area contributed by atoms with E-state index in [0.717, 1.165) is 32.7 Å². The Labute approximate surface area is 84.8 Å². The fourth-order valence-electron chi connectivity index (χ4n) is 1.53.